The fourth-order valence-corrected chi connectivity index (χ4v) is 8.07. The van der Waals surface area contributed by atoms with Gasteiger partial charge in [0.1, 0.15) is 18.1 Å². The smallest absolute Gasteiger partial charge is 0.271 e. The SMILES string of the molecule is COc1ccc([C@H]2C(C(=O)Nc3ccc(C)cc3C)=C(C)N=c3s/c(=C\c4cc(C)n(-c5ccc(OCc6ccc(Br)cc6)cc5)c4C)c(=O)n32)cc1. The van der Waals surface area contributed by atoms with E-state index in [0.29, 0.717) is 38.6 Å². The number of thiazole rings is 1. The van der Waals surface area contributed by atoms with Crippen LogP contribution in [0.3, 0.4) is 0 Å². The number of anilines is 1. The minimum atomic E-state index is -0.693. The Morgan fingerprint density at radius 2 is 1.60 bits per heavy atom. The predicted octanol–water partition coefficient (Wildman–Crippen LogP) is 8.25. The summed E-state index contributed by atoms with van der Waals surface area (Å²) in [7, 11) is 1.61. The van der Waals surface area contributed by atoms with Gasteiger partial charge in [0.05, 0.1) is 29.0 Å². The van der Waals surface area contributed by atoms with Gasteiger partial charge < -0.3 is 19.4 Å². The van der Waals surface area contributed by atoms with Crippen LogP contribution in [0.15, 0.2) is 123 Å². The molecule has 0 bridgehead atoms. The van der Waals surface area contributed by atoms with Crippen LogP contribution in [0.5, 0.6) is 11.5 Å². The molecular weight excluding hydrogens is 748 g/mol. The van der Waals surface area contributed by atoms with Gasteiger partial charge in [0.25, 0.3) is 11.5 Å². The lowest BCUT2D eigenvalue weighted by atomic mass is 9.95. The third-order valence-electron chi connectivity index (χ3n) is 9.50. The molecule has 0 aliphatic carbocycles. The quantitative estimate of drug-likeness (QED) is 0.160. The normalized spacial score (nSPS) is 14.2. The number of ether oxygens (including phenoxy) is 2. The van der Waals surface area contributed by atoms with Gasteiger partial charge in [-0.15, -0.1) is 0 Å². The molecule has 0 spiro atoms. The summed E-state index contributed by atoms with van der Waals surface area (Å²) < 4.78 is 16.8. The van der Waals surface area contributed by atoms with Crippen LogP contribution in [0.4, 0.5) is 5.69 Å². The molecule has 1 aliphatic heterocycles. The van der Waals surface area contributed by atoms with Crippen molar-refractivity contribution in [2.45, 2.75) is 47.3 Å². The molecule has 6 aromatic rings. The molecule has 0 radical (unpaired) electrons. The molecule has 0 fully saturated rings. The summed E-state index contributed by atoms with van der Waals surface area (Å²) in [5.41, 5.74) is 9.34. The number of nitrogens with one attached hydrogen (secondary N) is 1. The minimum Gasteiger partial charge on any atom is -0.497 e. The maximum atomic E-state index is 14.4. The number of allylic oxidation sites excluding steroid dienone is 1. The van der Waals surface area contributed by atoms with Gasteiger partial charge in [-0.3, -0.25) is 14.2 Å². The molecule has 1 amide bonds. The highest BCUT2D eigenvalue weighted by molar-refractivity contribution is 9.10. The fourth-order valence-electron chi connectivity index (χ4n) is 6.77. The largest absolute Gasteiger partial charge is 0.497 e. The number of rotatable bonds is 9. The van der Waals surface area contributed by atoms with Crippen LogP contribution in [-0.4, -0.2) is 22.2 Å². The number of nitrogens with zero attached hydrogens (tertiary/aromatic N) is 3. The molecule has 0 saturated carbocycles. The van der Waals surface area contributed by atoms with Crippen molar-refractivity contribution in [3.05, 3.63) is 172 Å². The summed E-state index contributed by atoms with van der Waals surface area (Å²) in [5, 5.41) is 3.09. The fraction of sp³-hybridized carbons (Fsp3) is 0.186. The molecule has 1 atom stereocenters. The van der Waals surface area contributed by atoms with E-state index >= 15 is 0 Å². The Labute approximate surface area is 320 Å². The zero-order valence-corrected chi connectivity index (χ0v) is 32.8. The van der Waals surface area contributed by atoms with Gasteiger partial charge in [-0.25, -0.2) is 4.99 Å². The number of aromatic nitrogens is 2. The molecule has 8 nitrogen and oxygen atoms in total. The van der Waals surface area contributed by atoms with Crippen molar-refractivity contribution in [2.75, 3.05) is 12.4 Å². The second-order valence-electron chi connectivity index (χ2n) is 13.2. The molecule has 0 unspecified atom stereocenters. The molecular formula is C43H39BrN4O4S. The van der Waals surface area contributed by atoms with Gasteiger partial charge in [0, 0.05) is 27.2 Å². The van der Waals surface area contributed by atoms with E-state index in [-0.39, 0.29) is 11.5 Å². The van der Waals surface area contributed by atoms with E-state index in [2.05, 4.69) is 38.8 Å². The van der Waals surface area contributed by atoms with Crippen LogP contribution in [0, 0.1) is 27.7 Å². The Hall–Kier alpha value is -5.45. The lowest BCUT2D eigenvalue weighted by Gasteiger charge is -2.25. The standard InChI is InChI=1S/C43H39BrN4O4S/c1-25-7-20-37(26(2)21-25)46-41(49)39-28(4)45-43-48(40(39)31-10-16-35(51-6)17-11-31)42(50)38(53-43)23-32-22-27(3)47(29(32)5)34-14-18-36(19-15-34)52-24-30-8-12-33(44)13-9-30/h7-23,40H,24H2,1-6H3,(H,46,49)/b38-23-/t40-/m0/s1. The van der Waals surface area contributed by atoms with Crippen LogP contribution in [-0.2, 0) is 11.4 Å². The van der Waals surface area contributed by atoms with Crippen molar-refractivity contribution >= 4 is 44.9 Å². The average Bonchev–Trinajstić information content (AvgIpc) is 3.61. The Balaban J connectivity index is 1.23. The number of hydrogen-bond donors (Lipinski definition) is 1. The highest BCUT2D eigenvalue weighted by atomic mass is 79.9. The van der Waals surface area contributed by atoms with Crippen molar-refractivity contribution in [3.63, 3.8) is 0 Å². The molecule has 7 rings (SSSR count). The zero-order chi connectivity index (χ0) is 37.4. The summed E-state index contributed by atoms with van der Waals surface area (Å²) >= 11 is 4.80. The maximum absolute atomic E-state index is 14.4. The molecule has 4 aromatic carbocycles. The van der Waals surface area contributed by atoms with E-state index < -0.39 is 6.04 Å². The first-order chi connectivity index (χ1) is 25.5. The number of aryl methyl sites for hydroxylation is 3. The van der Waals surface area contributed by atoms with Gasteiger partial charge >= 0.3 is 0 Å². The third kappa shape index (κ3) is 7.29. The molecule has 1 N–H and O–H groups in total. The Kier molecular flexibility index (Phi) is 10.1. The number of halogens is 1. The van der Waals surface area contributed by atoms with Crippen molar-refractivity contribution in [1.82, 2.24) is 9.13 Å². The zero-order valence-electron chi connectivity index (χ0n) is 30.4. The van der Waals surface area contributed by atoms with Gasteiger partial charge in [-0.2, -0.15) is 0 Å². The molecule has 3 heterocycles. The van der Waals surface area contributed by atoms with Crippen LogP contribution in [0.1, 0.15) is 52.2 Å². The van der Waals surface area contributed by atoms with Gasteiger partial charge in [-0.1, -0.05) is 69.2 Å². The monoisotopic (exact) mass is 786 g/mol. The summed E-state index contributed by atoms with van der Waals surface area (Å²) in [5.74, 6) is 1.16. The number of amides is 1. The predicted molar refractivity (Wildman–Crippen MR) is 215 cm³/mol. The van der Waals surface area contributed by atoms with Gasteiger partial charge in [0.2, 0.25) is 0 Å². The third-order valence-corrected chi connectivity index (χ3v) is 11.0. The van der Waals surface area contributed by atoms with Crippen molar-refractivity contribution in [2.24, 2.45) is 4.99 Å². The van der Waals surface area contributed by atoms with Gasteiger partial charge in [0.15, 0.2) is 4.80 Å². The Morgan fingerprint density at radius 1 is 0.906 bits per heavy atom. The molecule has 268 valence electrons. The van der Waals surface area contributed by atoms with E-state index in [0.717, 1.165) is 55.1 Å². The van der Waals surface area contributed by atoms with Crippen LogP contribution >= 0.6 is 27.3 Å². The lowest BCUT2D eigenvalue weighted by Crippen LogP contribution is -2.40. The number of fused-ring (bicyclic) bond motifs is 1. The van der Waals surface area contributed by atoms with E-state index in [9.17, 15) is 9.59 Å². The topological polar surface area (TPSA) is 86.8 Å². The van der Waals surface area contributed by atoms with Crippen LogP contribution < -0.4 is 29.7 Å². The lowest BCUT2D eigenvalue weighted by molar-refractivity contribution is -0.113. The first-order valence-corrected chi connectivity index (χ1v) is 18.8. The van der Waals surface area contributed by atoms with E-state index in [1.807, 2.05) is 125 Å². The number of methoxy groups -OCH3 is 1. The van der Waals surface area contributed by atoms with E-state index in [1.54, 1.807) is 11.7 Å². The molecule has 10 heteroatoms. The number of benzene rings is 4. The number of hydrogen-bond acceptors (Lipinski definition) is 6. The van der Waals surface area contributed by atoms with E-state index in [4.69, 9.17) is 14.5 Å². The van der Waals surface area contributed by atoms with Crippen LogP contribution in [0.25, 0.3) is 11.8 Å². The van der Waals surface area contributed by atoms with Crippen molar-refractivity contribution < 1.29 is 14.3 Å². The molecule has 0 saturated heterocycles. The average molecular weight is 788 g/mol. The highest BCUT2D eigenvalue weighted by Gasteiger charge is 2.33. The Morgan fingerprint density at radius 3 is 2.28 bits per heavy atom. The molecule has 53 heavy (non-hydrogen) atoms. The van der Waals surface area contributed by atoms with E-state index in [1.165, 1.54) is 11.3 Å². The summed E-state index contributed by atoms with van der Waals surface area (Å²) in [6.45, 7) is 10.4. The summed E-state index contributed by atoms with van der Waals surface area (Å²) in [6, 6.07) is 30.9. The molecule has 1 aliphatic rings. The highest BCUT2D eigenvalue weighted by Crippen LogP contribution is 2.32. The Bertz CT molecular complexity index is 2560. The molecule has 2 aromatic heterocycles. The maximum Gasteiger partial charge on any atom is 0.271 e. The summed E-state index contributed by atoms with van der Waals surface area (Å²) in [6.07, 6.45) is 1.93. The summed E-state index contributed by atoms with van der Waals surface area (Å²) in [4.78, 5) is 33.9. The number of carbonyl (C=O) groups is 1. The first kappa shape index (κ1) is 35.9. The first-order valence-electron chi connectivity index (χ1n) is 17.2. The van der Waals surface area contributed by atoms with Crippen molar-refractivity contribution in [3.8, 4) is 17.2 Å². The second kappa shape index (κ2) is 14.9. The van der Waals surface area contributed by atoms with Gasteiger partial charge in [-0.05, 0) is 124 Å². The van der Waals surface area contributed by atoms with Crippen molar-refractivity contribution in [1.29, 1.82) is 0 Å². The minimum absolute atomic E-state index is 0.212. The number of carbonyl (C=O) groups excluding carboxylic acids is 1. The van der Waals surface area contributed by atoms with Crippen LogP contribution in [0.2, 0.25) is 0 Å². The second-order valence-corrected chi connectivity index (χ2v) is 15.1.